The van der Waals surface area contributed by atoms with Crippen LogP contribution in [0, 0.1) is 6.92 Å². The van der Waals surface area contributed by atoms with Gasteiger partial charge in [-0.05, 0) is 98.8 Å². The maximum atomic E-state index is 7.00. The summed E-state index contributed by atoms with van der Waals surface area (Å²) < 4.78 is 50.2. The van der Waals surface area contributed by atoms with Crippen molar-refractivity contribution in [3.63, 3.8) is 0 Å². The predicted molar refractivity (Wildman–Crippen MR) is 333 cm³/mol. The van der Waals surface area contributed by atoms with Crippen molar-refractivity contribution in [3.8, 4) is 28.4 Å². The zero-order chi connectivity index (χ0) is 56.8. The summed E-state index contributed by atoms with van der Waals surface area (Å²) in [6.45, 7) is 34.7. The number of anilines is 4. The third kappa shape index (κ3) is 10.9. The van der Waals surface area contributed by atoms with Gasteiger partial charge < -0.3 is 42.0 Å². The molecular formula is C62H73B6N5O7. The van der Waals surface area contributed by atoms with Gasteiger partial charge in [0.15, 0.2) is 5.75 Å². The standard InChI is InChI=1S/C62H73B6N5O7/c1-41-55(74-46-30-31-47-48-35-43(42-23-18-17-19-24-42)29-32-51(48)73(54(47)38-46)56-36-44(33-34-69-56)58(2,3)4)37-45(39-70-41)71-40-72(53-28-21-20-27-52(53)71)57-49(63-75-65(59(5,6)7)79-66(76-63)60(8,9)10)25-22-26-50(57)64-77-67(61(11,12)13)80-68(78-64)62(14,15)16/h17-39H,40H2,1-16H3. The molecule has 406 valence electrons. The highest BCUT2D eigenvalue weighted by molar-refractivity contribution is 6.84. The van der Waals surface area contributed by atoms with Gasteiger partial charge in [0.1, 0.15) is 18.2 Å². The van der Waals surface area contributed by atoms with Crippen LogP contribution in [0.1, 0.15) is 115 Å². The Labute approximate surface area is 476 Å². The number of rotatable bonds is 8. The third-order valence-electron chi connectivity index (χ3n) is 15.2. The fourth-order valence-electron chi connectivity index (χ4n) is 10.7. The molecule has 80 heavy (non-hydrogen) atoms. The zero-order valence-electron chi connectivity index (χ0n) is 49.5. The van der Waals surface area contributed by atoms with E-state index >= 15 is 0 Å². The molecule has 18 heteroatoms. The van der Waals surface area contributed by atoms with E-state index in [1.165, 1.54) is 5.56 Å². The molecule has 0 unspecified atom stereocenters. The van der Waals surface area contributed by atoms with Crippen molar-refractivity contribution < 1.29 is 32.2 Å². The topological polar surface area (TPSA) is 102 Å². The summed E-state index contributed by atoms with van der Waals surface area (Å²) in [5.74, 6) is 2.16. The van der Waals surface area contributed by atoms with Gasteiger partial charge in [0.25, 0.3) is 0 Å². The Morgan fingerprint density at radius 2 is 1.05 bits per heavy atom. The van der Waals surface area contributed by atoms with E-state index in [1.807, 2.05) is 25.4 Å². The van der Waals surface area contributed by atoms with Crippen LogP contribution in [0.3, 0.4) is 0 Å². The number of benzene rings is 5. The second kappa shape index (κ2) is 20.6. The second-order valence-corrected chi connectivity index (χ2v) is 27.2. The lowest BCUT2D eigenvalue weighted by Crippen LogP contribution is -2.62. The van der Waals surface area contributed by atoms with Gasteiger partial charge in [-0.15, -0.1) is 0 Å². The Balaban J connectivity index is 1.01. The summed E-state index contributed by atoms with van der Waals surface area (Å²) in [6, 6.07) is 44.7. The molecule has 0 amide bonds. The van der Waals surface area contributed by atoms with Crippen LogP contribution in [-0.2, 0) is 32.8 Å². The SMILES string of the molecule is Cc1ncc(N2CN(c3c(B4OB(C(C)(C)C)OB(C(C)(C)C)O4)cccc3B3OB(C(C)(C)C)OB(C(C)(C)C)O3)c3ccccc32)cc1Oc1ccc2c3cc(-c4ccccc4)ccc3n(-c3cc(C(C)(C)C)ccn3)c2c1. The van der Waals surface area contributed by atoms with E-state index in [0.29, 0.717) is 18.2 Å². The Bertz CT molecular complexity index is 3490. The number of fused-ring (bicyclic) bond motifs is 4. The first-order chi connectivity index (χ1) is 37.7. The predicted octanol–water partition coefficient (Wildman–Crippen LogP) is 14.6. The van der Waals surface area contributed by atoms with Crippen molar-refractivity contribution >= 4 is 98.2 Å². The Morgan fingerprint density at radius 3 is 1.61 bits per heavy atom. The molecule has 0 bridgehead atoms. The molecule has 12 nitrogen and oxygen atoms in total. The fourth-order valence-corrected chi connectivity index (χ4v) is 10.7. The highest BCUT2D eigenvalue weighted by Gasteiger charge is 2.55. The van der Waals surface area contributed by atoms with Gasteiger partial charge in [-0.2, -0.15) is 0 Å². The summed E-state index contributed by atoms with van der Waals surface area (Å²) in [4.78, 5) is 14.6. The molecule has 0 atom stereocenters. The molecule has 6 heterocycles. The zero-order valence-corrected chi connectivity index (χ0v) is 49.5. The first-order valence-electron chi connectivity index (χ1n) is 28.2. The molecule has 3 aliphatic rings. The number of aromatic nitrogens is 3. The molecule has 3 aromatic heterocycles. The first kappa shape index (κ1) is 55.6. The van der Waals surface area contributed by atoms with Gasteiger partial charge >= 0.3 is 42.7 Å². The van der Waals surface area contributed by atoms with Crippen LogP contribution in [0.25, 0.3) is 38.8 Å². The molecule has 0 aliphatic carbocycles. The van der Waals surface area contributed by atoms with Gasteiger partial charge in [-0.3, -0.25) is 9.55 Å². The van der Waals surface area contributed by atoms with Gasteiger partial charge in [0.05, 0.1) is 40.0 Å². The van der Waals surface area contributed by atoms with Gasteiger partial charge in [0.2, 0.25) is 0 Å². The fraction of sp³-hybridized carbons (Fsp3) is 0.355. The van der Waals surface area contributed by atoms with E-state index in [-0.39, 0.29) is 26.7 Å². The summed E-state index contributed by atoms with van der Waals surface area (Å²) in [5.41, 5.74) is 11.5. The molecular weight excluding hydrogens is 992 g/mol. The lowest BCUT2D eigenvalue weighted by molar-refractivity contribution is 0.250. The average Bonchev–Trinajstić information content (AvgIpc) is 4.11. The molecule has 8 aromatic rings. The lowest BCUT2D eigenvalue weighted by atomic mass is 9.49. The second-order valence-electron chi connectivity index (χ2n) is 27.2. The van der Waals surface area contributed by atoms with Crippen LogP contribution >= 0.6 is 0 Å². The minimum atomic E-state index is -0.814. The number of para-hydroxylation sites is 3. The average molecular weight is 1070 g/mol. The van der Waals surface area contributed by atoms with E-state index in [1.54, 1.807) is 0 Å². The number of aryl methyl sites for hydroxylation is 1. The van der Waals surface area contributed by atoms with Crippen LogP contribution in [-0.4, -0.2) is 63.9 Å². The van der Waals surface area contributed by atoms with Crippen molar-refractivity contribution in [1.82, 2.24) is 14.5 Å². The van der Waals surface area contributed by atoms with Gasteiger partial charge in [0, 0.05) is 45.7 Å². The van der Waals surface area contributed by atoms with E-state index in [9.17, 15) is 0 Å². The molecule has 2 saturated heterocycles. The molecule has 2 fully saturated rings. The molecule has 0 spiro atoms. The maximum absolute atomic E-state index is 7.00. The maximum Gasteiger partial charge on any atom is 0.468 e. The Hall–Kier alpha value is -6.25. The molecule has 11 rings (SSSR count). The largest absolute Gasteiger partial charge is 0.468 e. The van der Waals surface area contributed by atoms with Crippen LogP contribution in [0.15, 0.2) is 140 Å². The molecule has 0 saturated carbocycles. The number of nitrogens with zero attached hydrogens (tertiary/aromatic N) is 5. The summed E-state index contributed by atoms with van der Waals surface area (Å²) in [6.07, 6.45) is 3.84. The van der Waals surface area contributed by atoms with Crippen molar-refractivity contribution in [3.05, 3.63) is 151 Å². The number of hydrogen-bond donors (Lipinski definition) is 0. The van der Waals surface area contributed by atoms with E-state index in [2.05, 4.69) is 240 Å². The highest BCUT2D eigenvalue weighted by Crippen LogP contribution is 2.47. The van der Waals surface area contributed by atoms with E-state index < -0.39 is 42.7 Å². The minimum absolute atomic E-state index is 0.0719. The Kier molecular flexibility index (Phi) is 14.3. The Morgan fingerprint density at radius 1 is 0.487 bits per heavy atom. The van der Waals surface area contributed by atoms with Crippen LogP contribution < -0.4 is 25.5 Å². The van der Waals surface area contributed by atoms with Crippen molar-refractivity contribution in [2.45, 2.75) is 137 Å². The van der Waals surface area contributed by atoms with Gasteiger partial charge in [-0.25, -0.2) is 4.98 Å². The lowest BCUT2D eigenvalue weighted by Gasteiger charge is -2.43. The molecule has 3 aliphatic heterocycles. The normalized spacial score (nSPS) is 15.9. The monoisotopic (exact) mass is 1070 g/mol. The van der Waals surface area contributed by atoms with Crippen molar-refractivity contribution in [1.29, 1.82) is 0 Å². The minimum Gasteiger partial charge on any atom is -0.455 e. The number of hydrogen-bond acceptors (Lipinski definition) is 11. The van der Waals surface area contributed by atoms with Crippen molar-refractivity contribution in [2.24, 2.45) is 0 Å². The summed E-state index contributed by atoms with van der Waals surface area (Å²) in [5, 5.41) is 0.779. The first-order valence-corrected chi connectivity index (χ1v) is 28.2. The molecule has 0 radical (unpaired) electrons. The third-order valence-corrected chi connectivity index (χ3v) is 15.2. The van der Waals surface area contributed by atoms with Crippen LogP contribution in [0.4, 0.5) is 22.7 Å². The quantitative estimate of drug-likeness (QED) is 0.136. The van der Waals surface area contributed by atoms with Gasteiger partial charge in [-0.1, -0.05) is 171 Å². The molecule has 0 N–H and O–H groups in total. The van der Waals surface area contributed by atoms with Crippen LogP contribution in [0.2, 0.25) is 21.3 Å². The number of ether oxygens (including phenoxy) is 1. The van der Waals surface area contributed by atoms with Crippen LogP contribution in [0.5, 0.6) is 11.5 Å². The summed E-state index contributed by atoms with van der Waals surface area (Å²) >= 11 is 0. The number of pyridine rings is 2. The van der Waals surface area contributed by atoms with E-state index in [0.717, 1.165) is 78.1 Å². The summed E-state index contributed by atoms with van der Waals surface area (Å²) in [7, 11) is -3.90. The smallest absolute Gasteiger partial charge is 0.455 e. The van der Waals surface area contributed by atoms with Crippen molar-refractivity contribution in [2.75, 3.05) is 16.5 Å². The highest BCUT2D eigenvalue weighted by atomic mass is 16.7. The van der Waals surface area contributed by atoms with E-state index in [4.69, 9.17) is 42.1 Å². The molecule has 5 aromatic carbocycles.